The largest absolute Gasteiger partial charge is 0.334 e. The highest BCUT2D eigenvalue weighted by Gasteiger charge is 2.43. The smallest absolute Gasteiger partial charge is 0.296 e. The van der Waals surface area contributed by atoms with Gasteiger partial charge in [-0.15, -0.1) is 0 Å². The van der Waals surface area contributed by atoms with E-state index in [2.05, 4.69) is 11.9 Å². The quantitative estimate of drug-likeness (QED) is 0.524. The van der Waals surface area contributed by atoms with Gasteiger partial charge in [0, 0.05) is 36.4 Å². The minimum Gasteiger partial charge on any atom is -0.334 e. The molecule has 5 rings (SSSR count). The molecule has 1 amide bonds. The Labute approximate surface area is 164 Å². The van der Waals surface area contributed by atoms with Gasteiger partial charge < -0.3 is 14.2 Å². The summed E-state index contributed by atoms with van der Waals surface area (Å²) in [5.41, 5.74) is 3.12. The number of likely N-dealkylation sites (tertiary alicyclic amines) is 2. The Morgan fingerprint density at radius 2 is 1.79 bits per heavy atom. The van der Waals surface area contributed by atoms with Crippen molar-refractivity contribution < 1.29 is 9.59 Å². The van der Waals surface area contributed by atoms with E-state index in [1.165, 1.54) is 0 Å². The summed E-state index contributed by atoms with van der Waals surface area (Å²) >= 11 is 0. The normalized spacial score (nSPS) is 22.0. The van der Waals surface area contributed by atoms with Gasteiger partial charge in [-0.3, -0.25) is 9.59 Å². The van der Waals surface area contributed by atoms with Crippen molar-refractivity contribution >= 4 is 17.2 Å². The molecule has 0 spiro atoms. The Hall–Kier alpha value is -2.92. The molecule has 0 radical (unpaired) electrons. The average Bonchev–Trinajstić information content (AvgIpc) is 3.41. The van der Waals surface area contributed by atoms with Crippen LogP contribution >= 0.6 is 0 Å². The Morgan fingerprint density at radius 1 is 1.00 bits per heavy atom. The molecular weight excluding hydrogens is 350 g/mol. The van der Waals surface area contributed by atoms with Gasteiger partial charge in [-0.2, -0.15) is 0 Å². The molecule has 3 aromatic rings. The summed E-state index contributed by atoms with van der Waals surface area (Å²) in [7, 11) is 2.11. The number of pyridine rings is 1. The first kappa shape index (κ1) is 17.2. The van der Waals surface area contributed by atoms with Crippen LogP contribution in [-0.4, -0.2) is 58.6 Å². The molecule has 28 heavy (non-hydrogen) atoms. The summed E-state index contributed by atoms with van der Waals surface area (Å²) in [4.78, 5) is 30.6. The van der Waals surface area contributed by atoms with Gasteiger partial charge in [-0.05, 0) is 49.7 Å². The van der Waals surface area contributed by atoms with Gasteiger partial charge >= 0.3 is 0 Å². The van der Waals surface area contributed by atoms with Crippen LogP contribution in [0.4, 0.5) is 0 Å². The lowest BCUT2D eigenvalue weighted by Gasteiger charge is -2.20. The van der Waals surface area contributed by atoms with Crippen LogP contribution in [0, 0.1) is 5.92 Å². The molecule has 0 saturated carbocycles. The number of nitrogens with zero attached hydrogens (tertiary/aromatic N) is 3. The highest BCUT2D eigenvalue weighted by Crippen LogP contribution is 2.32. The number of carbonyl (C=O) groups excluding carboxylic acids is 2. The lowest BCUT2D eigenvalue weighted by molar-refractivity contribution is -0.125. The van der Waals surface area contributed by atoms with E-state index in [0.717, 1.165) is 29.6 Å². The predicted octanol–water partition coefficient (Wildman–Crippen LogP) is 2.95. The van der Waals surface area contributed by atoms with Gasteiger partial charge in [0.15, 0.2) is 0 Å². The number of hydrogen-bond donors (Lipinski definition) is 0. The van der Waals surface area contributed by atoms with E-state index < -0.39 is 5.78 Å². The molecule has 142 valence electrons. The fourth-order valence-corrected chi connectivity index (χ4v) is 4.78. The van der Waals surface area contributed by atoms with Crippen LogP contribution in [0.2, 0.25) is 0 Å². The van der Waals surface area contributed by atoms with Crippen LogP contribution in [0.15, 0.2) is 60.8 Å². The van der Waals surface area contributed by atoms with Gasteiger partial charge in [-0.25, -0.2) is 0 Å². The monoisotopic (exact) mass is 373 g/mol. The van der Waals surface area contributed by atoms with Gasteiger partial charge in [0.2, 0.25) is 0 Å². The number of ketones is 1. The molecule has 1 aromatic carbocycles. The van der Waals surface area contributed by atoms with Crippen molar-refractivity contribution in [1.82, 2.24) is 14.2 Å². The second kappa shape index (κ2) is 6.60. The van der Waals surface area contributed by atoms with Crippen molar-refractivity contribution in [1.29, 1.82) is 0 Å². The summed E-state index contributed by atoms with van der Waals surface area (Å²) in [6.07, 6.45) is 2.96. The molecule has 0 N–H and O–H groups in total. The van der Waals surface area contributed by atoms with Crippen LogP contribution in [0.1, 0.15) is 16.9 Å². The maximum Gasteiger partial charge on any atom is 0.296 e. The zero-order chi connectivity index (χ0) is 19.3. The number of aromatic nitrogens is 1. The number of fused-ring (bicyclic) bond motifs is 2. The number of amides is 1. The molecule has 5 nitrogen and oxygen atoms in total. The molecule has 2 aliphatic heterocycles. The molecule has 2 saturated heterocycles. The number of likely N-dealkylation sites (N-methyl/N-ethyl adjacent to an activating group) is 1. The minimum atomic E-state index is -0.423. The van der Waals surface area contributed by atoms with Gasteiger partial charge in [0.05, 0.1) is 0 Å². The van der Waals surface area contributed by atoms with E-state index in [0.29, 0.717) is 30.7 Å². The molecule has 5 heteroatoms. The van der Waals surface area contributed by atoms with Crippen molar-refractivity contribution in [2.24, 2.45) is 5.92 Å². The zero-order valence-corrected chi connectivity index (χ0v) is 15.9. The molecule has 2 atom stereocenters. The summed E-state index contributed by atoms with van der Waals surface area (Å²) in [5.74, 6) is -0.323. The first-order chi connectivity index (χ1) is 13.6. The lowest BCUT2D eigenvalue weighted by Crippen LogP contribution is -2.39. The Morgan fingerprint density at radius 3 is 2.57 bits per heavy atom. The molecule has 0 unspecified atom stereocenters. The maximum atomic E-state index is 13.4. The molecule has 2 aromatic heterocycles. The number of hydrogen-bond acceptors (Lipinski definition) is 3. The van der Waals surface area contributed by atoms with E-state index in [4.69, 9.17) is 0 Å². The fraction of sp³-hybridized carbons (Fsp3) is 0.304. The van der Waals surface area contributed by atoms with Crippen molar-refractivity contribution in [3.05, 3.63) is 66.5 Å². The zero-order valence-electron chi connectivity index (χ0n) is 15.9. The third kappa shape index (κ3) is 2.66. The third-order valence-corrected chi connectivity index (χ3v) is 6.29. The van der Waals surface area contributed by atoms with Gasteiger partial charge in [0.25, 0.3) is 11.7 Å². The van der Waals surface area contributed by atoms with Crippen molar-refractivity contribution in [3.8, 4) is 11.1 Å². The first-order valence-corrected chi connectivity index (χ1v) is 9.83. The van der Waals surface area contributed by atoms with Gasteiger partial charge in [0.1, 0.15) is 5.69 Å². The van der Waals surface area contributed by atoms with Crippen LogP contribution in [0.3, 0.4) is 0 Å². The second-order valence-electron chi connectivity index (χ2n) is 7.90. The molecule has 4 heterocycles. The summed E-state index contributed by atoms with van der Waals surface area (Å²) < 4.78 is 1.84. The second-order valence-corrected chi connectivity index (χ2v) is 7.90. The number of carbonyl (C=O) groups is 2. The molecule has 0 bridgehead atoms. The molecular formula is C23H23N3O2. The van der Waals surface area contributed by atoms with Crippen LogP contribution in [-0.2, 0) is 4.79 Å². The lowest BCUT2D eigenvalue weighted by atomic mass is 10.0. The Bertz CT molecular complexity index is 1060. The SMILES string of the molecule is CN1CC[C@H]2CN(C(=O)C(=O)c3c(-c4ccccc4)cc4ccccn34)C[C@H]21. The predicted molar refractivity (Wildman–Crippen MR) is 108 cm³/mol. The highest BCUT2D eigenvalue weighted by molar-refractivity contribution is 6.43. The van der Waals surface area contributed by atoms with E-state index >= 15 is 0 Å². The highest BCUT2D eigenvalue weighted by atomic mass is 16.2. The standard InChI is InChI=1S/C23H23N3O2/c1-24-12-10-17-14-25(15-20(17)24)23(28)22(27)21-19(16-7-3-2-4-8-16)13-18-9-5-6-11-26(18)21/h2-9,11,13,17,20H,10,12,14-15H2,1H3/t17-,20+/m0/s1. The van der Waals surface area contributed by atoms with Crippen molar-refractivity contribution in [2.75, 3.05) is 26.7 Å². The Kier molecular flexibility index (Phi) is 4.05. The van der Waals surface area contributed by atoms with E-state index in [9.17, 15) is 9.59 Å². The molecule has 2 aliphatic rings. The van der Waals surface area contributed by atoms with Crippen molar-refractivity contribution in [2.45, 2.75) is 12.5 Å². The van der Waals surface area contributed by atoms with E-state index in [-0.39, 0.29) is 5.91 Å². The summed E-state index contributed by atoms with van der Waals surface area (Å²) in [6.45, 7) is 2.41. The fourth-order valence-electron chi connectivity index (χ4n) is 4.78. The first-order valence-electron chi connectivity index (χ1n) is 9.83. The third-order valence-electron chi connectivity index (χ3n) is 6.29. The number of benzene rings is 1. The summed E-state index contributed by atoms with van der Waals surface area (Å²) in [6, 6.07) is 18.0. The number of rotatable bonds is 3. The summed E-state index contributed by atoms with van der Waals surface area (Å²) in [5, 5.41) is 0. The Balaban J connectivity index is 1.53. The molecule has 0 aliphatic carbocycles. The molecule has 2 fully saturated rings. The van der Waals surface area contributed by atoms with Crippen LogP contribution in [0.5, 0.6) is 0 Å². The van der Waals surface area contributed by atoms with Crippen LogP contribution < -0.4 is 0 Å². The number of Topliss-reactive ketones (excluding diaryl/α,β-unsaturated/α-hetero) is 1. The minimum absolute atomic E-state index is 0.384. The van der Waals surface area contributed by atoms with E-state index in [1.807, 2.05) is 65.2 Å². The average molecular weight is 373 g/mol. The van der Waals surface area contributed by atoms with Gasteiger partial charge in [-0.1, -0.05) is 36.4 Å². The van der Waals surface area contributed by atoms with Crippen molar-refractivity contribution in [3.63, 3.8) is 0 Å². The maximum absolute atomic E-state index is 13.4. The van der Waals surface area contributed by atoms with E-state index in [1.54, 1.807) is 4.90 Å². The topological polar surface area (TPSA) is 45.0 Å². The van der Waals surface area contributed by atoms with Crippen LogP contribution in [0.25, 0.3) is 16.6 Å².